The SMILES string of the molecule is CC(C)c1cc(C(C)C)c([SiH]2c3ccccc3Oc3c(-c4ccccn4)cccc32)c(C(C)C)c1. The van der Waals surface area contributed by atoms with Crippen LogP contribution in [0.4, 0.5) is 0 Å². The first-order valence-corrected chi connectivity index (χ1v) is 14.6. The van der Waals surface area contributed by atoms with Gasteiger partial charge in [0, 0.05) is 11.8 Å². The lowest BCUT2D eigenvalue weighted by atomic mass is 9.89. The summed E-state index contributed by atoms with van der Waals surface area (Å²) in [5, 5.41) is 4.31. The second-order valence-corrected chi connectivity index (χ2v) is 13.3. The molecular formula is C32H35NOSi. The normalized spacial score (nSPS) is 14.7. The molecule has 0 aliphatic carbocycles. The van der Waals surface area contributed by atoms with E-state index in [1.54, 1.807) is 5.19 Å². The molecule has 5 rings (SSSR count). The van der Waals surface area contributed by atoms with Crippen molar-refractivity contribution in [2.75, 3.05) is 0 Å². The van der Waals surface area contributed by atoms with Gasteiger partial charge >= 0.3 is 0 Å². The smallest absolute Gasteiger partial charge is 0.143 e. The molecule has 0 saturated heterocycles. The number of nitrogens with zero attached hydrogens (tertiary/aromatic N) is 1. The van der Waals surface area contributed by atoms with Gasteiger partial charge in [-0.2, -0.15) is 0 Å². The molecule has 0 spiro atoms. The van der Waals surface area contributed by atoms with Crippen LogP contribution in [0.3, 0.4) is 0 Å². The first kappa shape index (κ1) is 23.6. The summed E-state index contributed by atoms with van der Waals surface area (Å²) < 4.78 is 6.67. The molecule has 2 nitrogen and oxygen atoms in total. The van der Waals surface area contributed by atoms with Crippen molar-refractivity contribution in [1.82, 2.24) is 4.98 Å². The number of rotatable bonds is 5. The van der Waals surface area contributed by atoms with Gasteiger partial charge in [-0.15, -0.1) is 0 Å². The van der Waals surface area contributed by atoms with Crippen LogP contribution in [0, 0.1) is 0 Å². The van der Waals surface area contributed by atoms with Crippen molar-refractivity contribution < 1.29 is 4.74 Å². The van der Waals surface area contributed by atoms with Crippen LogP contribution >= 0.6 is 0 Å². The van der Waals surface area contributed by atoms with Crippen molar-refractivity contribution in [3.63, 3.8) is 0 Å². The summed E-state index contributed by atoms with van der Waals surface area (Å²) >= 11 is 0. The van der Waals surface area contributed by atoms with E-state index < -0.39 is 8.80 Å². The number of para-hydroxylation sites is 2. The average Bonchev–Trinajstić information content (AvgIpc) is 2.86. The lowest BCUT2D eigenvalue weighted by Gasteiger charge is -2.33. The Morgan fingerprint density at radius 1 is 0.686 bits per heavy atom. The van der Waals surface area contributed by atoms with E-state index >= 15 is 0 Å². The monoisotopic (exact) mass is 477 g/mol. The number of ether oxygens (including phenoxy) is 1. The van der Waals surface area contributed by atoms with Gasteiger partial charge in [-0.05, 0) is 74.3 Å². The molecule has 0 bridgehead atoms. The maximum absolute atomic E-state index is 6.67. The highest BCUT2D eigenvalue weighted by Gasteiger charge is 2.35. The van der Waals surface area contributed by atoms with Crippen LogP contribution in [-0.4, -0.2) is 13.8 Å². The van der Waals surface area contributed by atoms with Crippen LogP contribution in [0.15, 0.2) is 79.0 Å². The Morgan fingerprint density at radius 2 is 1.34 bits per heavy atom. The molecule has 1 aliphatic heterocycles. The molecule has 3 aromatic carbocycles. The number of benzene rings is 3. The van der Waals surface area contributed by atoms with E-state index in [-0.39, 0.29) is 0 Å². The Hall–Kier alpha value is -3.17. The molecular weight excluding hydrogens is 442 g/mol. The van der Waals surface area contributed by atoms with E-state index in [1.165, 1.54) is 27.1 Å². The number of pyridine rings is 1. The molecule has 0 N–H and O–H groups in total. The molecule has 3 heteroatoms. The van der Waals surface area contributed by atoms with E-state index in [9.17, 15) is 0 Å². The van der Waals surface area contributed by atoms with Crippen molar-refractivity contribution in [1.29, 1.82) is 0 Å². The van der Waals surface area contributed by atoms with Gasteiger partial charge in [-0.25, -0.2) is 0 Å². The van der Waals surface area contributed by atoms with Gasteiger partial charge in [-0.3, -0.25) is 4.98 Å². The highest BCUT2D eigenvalue weighted by atomic mass is 28.3. The summed E-state index contributed by atoms with van der Waals surface area (Å²) in [5.74, 6) is 3.39. The lowest BCUT2D eigenvalue weighted by Crippen LogP contribution is -2.57. The summed E-state index contributed by atoms with van der Waals surface area (Å²) in [7, 11) is -1.83. The summed E-state index contributed by atoms with van der Waals surface area (Å²) in [6.07, 6.45) is 1.86. The van der Waals surface area contributed by atoms with Crippen molar-refractivity contribution in [2.45, 2.75) is 59.3 Å². The average molecular weight is 478 g/mol. The fourth-order valence-corrected chi connectivity index (χ4v) is 9.35. The summed E-state index contributed by atoms with van der Waals surface area (Å²) in [4.78, 5) is 4.67. The van der Waals surface area contributed by atoms with Gasteiger partial charge < -0.3 is 4.74 Å². The maximum Gasteiger partial charge on any atom is 0.143 e. The molecule has 0 radical (unpaired) electrons. The standard InChI is InChI=1S/C32H35NOSi/c1-20(2)23-18-25(21(3)4)32(26(19-23)22(5)6)35-29-15-8-7-14-28(29)34-31-24(12-11-16-30(31)35)27-13-9-10-17-33-27/h7-22,35H,1-6H3. The van der Waals surface area contributed by atoms with E-state index in [0.29, 0.717) is 17.8 Å². The van der Waals surface area contributed by atoms with Crippen molar-refractivity contribution in [2.24, 2.45) is 0 Å². The van der Waals surface area contributed by atoms with Gasteiger partial charge in [-0.1, -0.05) is 90.1 Å². The van der Waals surface area contributed by atoms with Crippen LogP contribution < -0.4 is 20.3 Å². The molecule has 35 heavy (non-hydrogen) atoms. The third-order valence-corrected chi connectivity index (χ3v) is 10.6. The van der Waals surface area contributed by atoms with Crippen LogP contribution in [0.2, 0.25) is 0 Å². The van der Waals surface area contributed by atoms with Crippen LogP contribution in [0.1, 0.15) is 76.0 Å². The maximum atomic E-state index is 6.67. The van der Waals surface area contributed by atoms with Crippen LogP contribution in [0.25, 0.3) is 11.3 Å². The fourth-order valence-electron chi connectivity index (χ4n) is 5.37. The summed E-state index contributed by atoms with van der Waals surface area (Å²) in [6, 6.07) is 26.4. The molecule has 1 atom stereocenters. The Labute approximate surface area is 211 Å². The zero-order chi connectivity index (χ0) is 24.7. The van der Waals surface area contributed by atoms with Gasteiger partial charge in [0.05, 0.1) is 5.69 Å². The number of hydrogen-bond acceptors (Lipinski definition) is 2. The molecule has 1 aromatic heterocycles. The van der Waals surface area contributed by atoms with Gasteiger partial charge in [0.15, 0.2) is 0 Å². The third kappa shape index (κ3) is 4.23. The Bertz CT molecular complexity index is 1330. The quantitative estimate of drug-likeness (QED) is 0.271. The number of aromatic nitrogens is 1. The van der Waals surface area contributed by atoms with Crippen LogP contribution in [-0.2, 0) is 0 Å². The zero-order valence-electron chi connectivity index (χ0n) is 21.7. The minimum Gasteiger partial charge on any atom is -0.457 e. The van der Waals surface area contributed by atoms with Crippen molar-refractivity contribution in [3.05, 3.63) is 95.7 Å². The predicted octanol–water partition coefficient (Wildman–Crippen LogP) is 6.47. The topological polar surface area (TPSA) is 22.1 Å². The molecule has 4 aromatic rings. The second kappa shape index (κ2) is 9.47. The molecule has 178 valence electrons. The first-order valence-electron chi connectivity index (χ1n) is 12.9. The molecule has 0 amide bonds. The van der Waals surface area contributed by atoms with Crippen LogP contribution in [0.5, 0.6) is 11.5 Å². The van der Waals surface area contributed by atoms with E-state index in [1.807, 2.05) is 18.3 Å². The Morgan fingerprint density at radius 3 is 1.97 bits per heavy atom. The second-order valence-electron chi connectivity index (χ2n) is 10.6. The predicted molar refractivity (Wildman–Crippen MR) is 151 cm³/mol. The number of hydrogen-bond donors (Lipinski definition) is 0. The Kier molecular flexibility index (Phi) is 6.37. The zero-order valence-corrected chi connectivity index (χ0v) is 22.8. The summed E-state index contributed by atoms with van der Waals surface area (Å²) in [6.45, 7) is 14.0. The van der Waals surface area contributed by atoms with Crippen molar-refractivity contribution in [3.8, 4) is 22.8 Å². The minimum atomic E-state index is -1.83. The third-order valence-electron chi connectivity index (χ3n) is 7.21. The fraction of sp³-hybridized carbons (Fsp3) is 0.281. The van der Waals surface area contributed by atoms with Gasteiger partial charge in [0.25, 0.3) is 0 Å². The van der Waals surface area contributed by atoms with E-state index in [2.05, 4.69) is 107 Å². The summed E-state index contributed by atoms with van der Waals surface area (Å²) in [5.41, 5.74) is 6.48. The van der Waals surface area contributed by atoms with Crippen molar-refractivity contribution >= 4 is 24.4 Å². The minimum absolute atomic E-state index is 0.450. The molecule has 0 saturated carbocycles. The van der Waals surface area contributed by atoms with Gasteiger partial charge in [0.2, 0.25) is 0 Å². The molecule has 1 unspecified atom stereocenters. The van der Waals surface area contributed by atoms with Gasteiger partial charge in [0.1, 0.15) is 20.3 Å². The molecule has 0 fully saturated rings. The van der Waals surface area contributed by atoms with E-state index in [4.69, 9.17) is 4.74 Å². The molecule has 1 aliphatic rings. The molecule has 2 heterocycles. The largest absolute Gasteiger partial charge is 0.457 e. The highest BCUT2D eigenvalue weighted by molar-refractivity contribution is 6.97. The highest BCUT2D eigenvalue weighted by Crippen LogP contribution is 2.35. The number of fused-ring (bicyclic) bond motifs is 2. The first-order chi connectivity index (χ1) is 16.9. The van der Waals surface area contributed by atoms with E-state index in [0.717, 1.165) is 22.8 Å². The lowest BCUT2D eigenvalue weighted by molar-refractivity contribution is 0.489. The Balaban J connectivity index is 1.85.